The number of imidazole rings is 1. The molecule has 8 heteroatoms. The number of aliphatic hydroxyl groups excluding tert-OH is 1. The van der Waals surface area contributed by atoms with Gasteiger partial charge in [-0.1, -0.05) is 17.0 Å². The molecule has 2 N–H and O–H groups in total. The molecule has 2 fully saturated rings. The Labute approximate surface area is 191 Å². The molecule has 5 rings (SSSR count). The van der Waals surface area contributed by atoms with E-state index in [9.17, 15) is 9.90 Å². The number of benzene rings is 1. The first-order chi connectivity index (χ1) is 16.0. The van der Waals surface area contributed by atoms with Crippen molar-refractivity contribution in [1.29, 1.82) is 0 Å². The van der Waals surface area contributed by atoms with Gasteiger partial charge in [0.2, 0.25) is 0 Å². The molecule has 2 aromatic heterocycles. The van der Waals surface area contributed by atoms with Crippen LogP contribution >= 0.6 is 0 Å². The summed E-state index contributed by atoms with van der Waals surface area (Å²) in [5.74, 6) is 8.83. The maximum atomic E-state index is 10.7. The average Bonchev–Trinajstić information content (AvgIpc) is 3.29. The number of aromatic nitrogens is 3. The van der Waals surface area contributed by atoms with Gasteiger partial charge in [0.1, 0.15) is 17.6 Å². The van der Waals surface area contributed by atoms with Gasteiger partial charge in [0.15, 0.2) is 5.76 Å². The minimum atomic E-state index is -0.736. The topological polar surface area (TPSA) is 105 Å². The average molecular weight is 447 g/mol. The van der Waals surface area contributed by atoms with Gasteiger partial charge < -0.3 is 24.2 Å². The highest BCUT2D eigenvalue weighted by molar-refractivity contribution is 5.66. The Morgan fingerprint density at radius 1 is 1.27 bits per heavy atom. The second kappa shape index (κ2) is 8.85. The predicted octanol–water partition coefficient (Wildman–Crippen LogP) is 2.64. The maximum Gasteiger partial charge on any atom is 0.304 e. The summed E-state index contributed by atoms with van der Waals surface area (Å²) in [7, 11) is 0. The lowest BCUT2D eigenvalue weighted by atomic mass is 10.1. The predicted molar refractivity (Wildman–Crippen MR) is 120 cm³/mol. The minimum absolute atomic E-state index is 0.210. The Morgan fingerprint density at radius 2 is 2.03 bits per heavy atom. The lowest BCUT2D eigenvalue weighted by Crippen LogP contribution is -2.26. The zero-order chi connectivity index (χ0) is 22.9. The van der Waals surface area contributed by atoms with E-state index in [1.165, 1.54) is 0 Å². The largest absolute Gasteiger partial charge is 0.481 e. The van der Waals surface area contributed by atoms with Crippen LogP contribution in [0.25, 0.3) is 11.3 Å². The van der Waals surface area contributed by atoms with Crippen LogP contribution < -0.4 is 0 Å². The standard InChI is InChI=1S/C25H26N4O4/c1-16(30)25-26-9-11-29(25)13-19-12-23(33-27-19)18-5-2-17(3-6-18)4-7-20-21-14-28(15-22(20)21)10-8-24(31)32/h2-3,5-6,9,11-12,16,20-22,30H,8,10,13-15H2,1H3,(H,31,32)/t16-,20?,21?,22?/m0/s1. The van der Waals surface area contributed by atoms with Crippen molar-refractivity contribution in [3.63, 3.8) is 0 Å². The first kappa shape index (κ1) is 21.4. The fourth-order valence-corrected chi connectivity index (χ4v) is 4.67. The number of rotatable bonds is 7. The van der Waals surface area contributed by atoms with Crippen molar-refractivity contribution in [2.45, 2.75) is 26.0 Å². The van der Waals surface area contributed by atoms with Gasteiger partial charge in [0, 0.05) is 55.1 Å². The number of carboxylic acid groups (broad SMARTS) is 1. The summed E-state index contributed by atoms with van der Waals surface area (Å²) in [4.78, 5) is 17.1. The van der Waals surface area contributed by atoms with Gasteiger partial charge in [-0.2, -0.15) is 0 Å². The number of hydrogen-bond acceptors (Lipinski definition) is 6. The Balaban J connectivity index is 1.17. The highest BCUT2D eigenvalue weighted by Crippen LogP contribution is 2.51. The van der Waals surface area contributed by atoms with Crippen LogP contribution in [0, 0.1) is 29.6 Å². The molecule has 2 unspecified atom stereocenters. The molecule has 1 saturated heterocycles. The molecule has 33 heavy (non-hydrogen) atoms. The Hall–Kier alpha value is -3.41. The van der Waals surface area contributed by atoms with Crippen LogP contribution in [-0.2, 0) is 11.3 Å². The molecular weight excluding hydrogens is 420 g/mol. The number of aliphatic hydroxyl groups is 1. The van der Waals surface area contributed by atoms with Gasteiger partial charge in [-0.25, -0.2) is 4.98 Å². The van der Waals surface area contributed by atoms with Gasteiger partial charge in [0.25, 0.3) is 0 Å². The SMILES string of the molecule is C[C@H](O)c1nccn1Cc1cc(-c2ccc(C#CC3C4CN(CCC(=O)O)CC34)cc2)on1. The molecule has 0 radical (unpaired) electrons. The van der Waals surface area contributed by atoms with Gasteiger partial charge in [0.05, 0.1) is 13.0 Å². The van der Waals surface area contributed by atoms with E-state index >= 15 is 0 Å². The summed E-state index contributed by atoms with van der Waals surface area (Å²) in [6, 6.07) is 9.84. The van der Waals surface area contributed by atoms with Crippen LogP contribution in [-0.4, -0.2) is 55.4 Å². The smallest absolute Gasteiger partial charge is 0.304 e. The van der Waals surface area contributed by atoms with Crippen LogP contribution in [0.5, 0.6) is 0 Å². The number of fused-ring (bicyclic) bond motifs is 1. The zero-order valence-electron chi connectivity index (χ0n) is 18.4. The van der Waals surface area contributed by atoms with Crippen molar-refractivity contribution >= 4 is 5.97 Å². The molecule has 1 aromatic carbocycles. The van der Waals surface area contributed by atoms with Crippen molar-refractivity contribution in [3.8, 4) is 23.2 Å². The van der Waals surface area contributed by atoms with Crippen molar-refractivity contribution in [3.05, 3.63) is 59.8 Å². The molecule has 3 heterocycles. The van der Waals surface area contributed by atoms with E-state index in [-0.39, 0.29) is 6.42 Å². The van der Waals surface area contributed by atoms with E-state index in [1.54, 1.807) is 13.1 Å². The van der Waals surface area contributed by atoms with Gasteiger partial charge >= 0.3 is 5.97 Å². The lowest BCUT2D eigenvalue weighted by molar-refractivity contribution is -0.137. The summed E-state index contributed by atoms with van der Waals surface area (Å²) in [5.41, 5.74) is 2.65. The van der Waals surface area contributed by atoms with Crippen molar-refractivity contribution < 1.29 is 19.5 Å². The molecule has 170 valence electrons. The first-order valence-electron chi connectivity index (χ1n) is 11.2. The summed E-state index contributed by atoms with van der Waals surface area (Å²) < 4.78 is 7.37. The second-order valence-corrected chi connectivity index (χ2v) is 8.88. The van der Waals surface area contributed by atoms with Crippen molar-refractivity contribution in [2.24, 2.45) is 17.8 Å². The number of aliphatic carboxylic acids is 1. The Kier molecular flexibility index (Phi) is 5.75. The summed E-state index contributed by atoms with van der Waals surface area (Å²) in [6.45, 7) is 4.72. The third-order valence-electron chi connectivity index (χ3n) is 6.48. The number of hydrogen-bond donors (Lipinski definition) is 2. The Morgan fingerprint density at radius 3 is 2.73 bits per heavy atom. The number of likely N-dealkylation sites (tertiary alicyclic amines) is 1. The van der Waals surface area contributed by atoms with Crippen molar-refractivity contribution in [2.75, 3.05) is 19.6 Å². The number of nitrogens with zero attached hydrogens (tertiary/aromatic N) is 4. The van der Waals surface area contributed by atoms with E-state index in [4.69, 9.17) is 9.63 Å². The number of carbonyl (C=O) groups is 1. The summed E-state index contributed by atoms with van der Waals surface area (Å²) >= 11 is 0. The van der Waals surface area contributed by atoms with Crippen LogP contribution in [0.4, 0.5) is 0 Å². The number of carboxylic acids is 1. The molecule has 3 aromatic rings. The van der Waals surface area contributed by atoms with E-state index in [2.05, 4.69) is 26.9 Å². The van der Waals surface area contributed by atoms with Crippen LogP contribution in [0.3, 0.4) is 0 Å². The molecule has 3 atom stereocenters. The third kappa shape index (κ3) is 4.70. The molecule has 1 saturated carbocycles. The molecular formula is C25H26N4O4. The Bertz CT molecular complexity index is 1190. The van der Waals surface area contributed by atoms with E-state index in [0.717, 1.165) is 29.9 Å². The molecule has 0 bridgehead atoms. The maximum absolute atomic E-state index is 10.7. The lowest BCUT2D eigenvalue weighted by Gasteiger charge is -2.16. The quantitative estimate of drug-likeness (QED) is 0.538. The van der Waals surface area contributed by atoms with Gasteiger partial charge in [-0.05, 0) is 43.0 Å². The van der Waals surface area contributed by atoms with Crippen LogP contribution in [0.1, 0.15) is 36.5 Å². The van der Waals surface area contributed by atoms with Crippen LogP contribution in [0.2, 0.25) is 0 Å². The van der Waals surface area contributed by atoms with Crippen LogP contribution in [0.15, 0.2) is 47.2 Å². The second-order valence-electron chi connectivity index (χ2n) is 8.88. The highest BCUT2D eigenvalue weighted by atomic mass is 16.5. The molecule has 8 nitrogen and oxygen atoms in total. The molecule has 1 aliphatic carbocycles. The highest BCUT2D eigenvalue weighted by Gasteiger charge is 2.54. The van der Waals surface area contributed by atoms with Crippen molar-refractivity contribution in [1.82, 2.24) is 19.6 Å². The van der Waals surface area contributed by atoms with E-state index in [0.29, 0.717) is 42.4 Å². The zero-order valence-corrected chi connectivity index (χ0v) is 18.4. The third-order valence-corrected chi connectivity index (χ3v) is 6.48. The van der Waals surface area contributed by atoms with E-state index < -0.39 is 12.1 Å². The normalized spacial score (nSPS) is 22.4. The molecule has 0 spiro atoms. The minimum Gasteiger partial charge on any atom is -0.481 e. The molecule has 2 aliphatic rings. The summed E-state index contributed by atoms with van der Waals surface area (Å²) in [5, 5.41) is 22.8. The molecule has 0 amide bonds. The van der Waals surface area contributed by atoms with Gasteiger partial charge in [-0.15, -0.1) is 0 Å². The fraction of sp³-hybridized carbons (Fsp3) is 0.400. The summed E-state index contributed by atoms with van der Waals surface area (Å²) in [6.07, 6.45) is 3.03. The monoisotopic (exact) mass is 446 g/mol. The fourth-order valence-electron chi connectivity index (χ4n) is 4.67. The molecule has 1 aliphatic heterocycles. The first-order valence-corrected chi connectivity index (χ1v) is 11.2. The van der Waals surface area contributed by atoms with E-state index in [1.807, 2.05) is 41.1 Å². The van der Waals surface area contributed by atoms with Gasteiger partial charge in [-0.3, -0.25) is 4.79 Å². The number of piperidine rings is 1.